The van der Waals surface area contributed by atoms with Gasteiger partial charge in [-0.3, -0.25) is 4.79 Å². The molecule has 7 heteroatoms. The van der Waals surface area contributed by atoms with Crippen molar-refractivity contribution in [1.29, 1.82) is 5.26 Å². The molecule has 4 unspecified atom stereocenters. The summed E-state index contributed by atoms with van der Waals surface area (Å²) in [5.74, 6) is -0.457. The molecule has 0 aliphatic carbocycles. The first-order valence-electron chi connectivity index (χ1n) is 5.31. The zero-order chi connectivity index (χ0) is 14.1. The monoisotopic (exact) mass is 261 g/mol. The molecule has 0 saturated carbocycles. The van der Waals surface area contributed by atoms with Crippen LogP contribution >= 0.6 is 0 Å². The lowest BCUT2D eigenvalue weighted by Gasteiger charge is -2.31. The standard InChI is InChI=1S/C11H19NO6/c1-7(13)18-6-9(15-2)11(17-4)10(16-3)8(14)5-12/h8-11,14H,6H2,1-4H3. The maximum atomic E-state index is 10.8. The van der Waals surface area contributed by atoms with E-state index < -0.39 is 30.4 Å². The molecule has 4 atom stereocenters. The average Bonchev–Trinajstić information content (AvgIpc) is 2.36. The molecule has 0 spiro atoms. The molecule has 18 heavy (non-hydrogen) atoms. The molecule has 0 aromatic carbocycles. The van der Waals surface area contributed by atoms with Gasteiger partial charge in [-0.1, -0.05) is 0 Å². The molecule has 0 aliphatic rings. The summed E-state index contributed by atoms with van der Waals surface area (Å²) in [6.45, 7) is 1.22. The Labute approximate surface area is 106 Å². The predicted molar refractivity (Wildman–Crippen MR) is 60.6 cm³/mol. The van der Waals surface area contributed by atoms with Crippen LogP contribution in [0.1, 0.15) is 6.92 Å². The molecule has 0 rings (SSSR count). The summed E-state index contributed by atoms with van der Waals surface area (Å²) in [5, 5.41) is 18.2. The van der Waals surface area contributed by atoms with Crippen LogP contribution in [0.25, 0.3) is 0 Å². The third-order valence-corrected chi connectivity index (χ3v) is 2.43. The maximum Gasteiger partial charge on any atom is 0.302 e. The number of nitriles is 1. The summed E-state index contributed by atoms with van der Waals surface area (Å²) in [4.78, 5) is 10.8. The van der Waals surface area contributed by atoms with Gasteiger partial charge in [0.2, 0.25) is 0 Å². The number of hydrogen-bond acceptors (Lipinski definition) is 7. The van der Waals surface area contributed by atoms with E-state index in [0.717, 1.165) is 0 Å². The Morgan fingerprint density at radius 2 is 1.78 bits per heavy atom. The first-order chi connectivity index (χ1) is 8.51. The fourth-order valence-electron chi connectivity index (χ4n) is 1.51. The molecule has 7 nitrogen and oxygen atoms in total. The summed E-state index contributed by atoms with van der Waals surface area (Å²) >= 11 is 0. The molecule has 0 heterocycles. The normalized spacial score (nSPS) is 17.3. The molecular weight excluding hydrogens is 242 g/mol. The second-order valence-electron chi connectivity index (χ2n) is 3.55. The van der Waals surface area contributed by atoms with Gasteiger partial charge in [0.25, 0.3) is 0 Å². The predicted octanol–water partition coefficient (Wildman–Crippen LogP) is -0.521. The van der Waals surface area contributed by atoms with Gasteiger partial charge in [-0.05, 0) is 0 Å². The van der Waals surface area contributed by atoms with E-state index in [0.29, 0.717) is 0 Å². The number of hydrogen-bond donors (Lipinski definition) is 1. The number of carbonyl (C=O) groups excluding carboxylic acids is 1. The number of carbonyl (C=O) groups is 1. The zero-order valence-electron chi connectivity index (χ0n) is 11.0. The van der Waals surface area contributed by atoms with Gasteiger partial charge in [-0.25, -0.2) is 0 Å². The maximum absolute atomic E-state index is 10.8. The minimum atomic E-state index is -1.37. The van der Waals surface area contributed by atoms with Gasteiger partial charge in [0.05, 0.1) is 6.07 Å². The molecule has 1 N–H and O–H groups in total. The van der Waals surface area contributed by atoms with Crippen molar-refractivity contribution in [3.8, 4) is 6.07 Å². The Bertz CT molecular complexity index is 290. The fourth-order valence-corrected chi connectivity index (χ4v) is 1.51. The van der Waals surface area contributed by atoms with E-state index in [9.17, 15) is 9.90 Å². The van der Waals surface area contributed by atoms with Crippen LogP contribution in [-0.2, 0) is 23.7 Å². The van der Waals surface area contributed by atoms with Crippen LogP contribution in [0, 0.1) is 11.3 Å². The van der Waals surface area contributed by atoms with Gasteiger partial charge >= 0.3 is 5.97 Å². The Morgan fingerprint density at radius 3 is 2.11 bits per heavy atom. The molecule has 0 bridgehead atoms. The second-order valence-corrected chi connectivity index (χ2v) is 3.55. The summed E-state index contributed by atoms with van der Waals surface area (Å²) in [6, 6.07) is 1.66. The van der Waals surface area contributed by atoms with Crippen molar-refractivity contribution >= 4 is 5.97 Å². The largest absolute Gasteiger partial charge is 0.463 e. The first-order valence-corrected chi connectivity index (χ1v) is 5.31. The van der Waals surface area contributed by atoms with Gasteiger partial charge < -0.3 is 24.1 Å². The minimum Gasteiger partial charge on any atom is -0.463 e. The van der Waals surface area contributed by atoms with Crippen LogP contribution in [0.4, 0.5) is 0 Å². The minimum absolute atomic E-state index is 0.0532. The Hall–Kier alpha value is -1.20. The van der Waals surface area contributed by atoms with E-state index >= 15 is 0 Å². The summed E-state index contributed by atoms with van der Waals surface area (Å²) in [7, 11) is 4.14. The third-order valence-electron chi connectivity index (χ3n) is 2.43. The number of nitrogens with zero attached hydrogens (tertiary/aromatic N) is 1. The van der Waals surface area contributed by atoms with Crippen molar-refractivity contribution in [1.82, 2.24) is 0 Å². The number of aliphatic hydroxyl groups is 1. The van der Waals surface area contributed by atoms with Crippen molar-refractivity contribution in [2.24, 2.45) is 0 Å². The lowest BCUT2D eigenvalue weighted by molar-refractivity contribution is -0.161. The number of esters is 1. The Kier molecular flexibility index (Phi) is 8.24. The highest BCUT2D eigenvalue weighted by molar-refractivity contribution is 5.65. The molecule has 0 aromatic heterocycles. The van der Waals surface area contributed by atoms with Crippen LogP contribution in [0.15, 0.2) is 0 Å². The Morgan fingerprint density at radius 1 is 1.22 bits per heavy atom. The average molecular weight is 261 g/mol. The van der Waals surface area contributed by atoms with E-state index in [4.69, 9.17) is 24.2 Å². The van der Waals surface area contributed by atoms with Gasteiger partial charge in [-0.2, -0.15) is 5.26 Å². The molecule has 104 valence electrons. The summed E-state index contributed by atoms with van der Waals surface area (Å²) in [5.41, 5.74) is 0. The fraction of sp³-hybridized carbons (Fsp3) is 0.818. The smallest absolute Gasteiger partial charge is 0.302 e. The first kappa shape index (κ1) is 16.8. The number of rotatable bonds is 8. The van der Waals surface area contributed by atoms with Crippen molar-refractivity contribution in [2.45, 2.75) is 31.3 Å². The van der Waals surface area contributed by atoms with E-state index in [1.165, 1.54) is 28.3 Å². The molecule has 0 aromatic rings. The summed E-state index contributed by atoms with van der Waals surface area (Å²) in [6.07, 6.45) is -3.66. The topological polar surface area (TPSA) is 98.0 Å². The highest BCUT2D eigenvalue weighted by atomic mass is 16.6. The SMILES string of the molecule is COC(COC(C)=O)C(OC)C(OC)C(O)C#N. The van der Waals surface area contributed by atoms with Gasteiger partial charge in [-0.15, -0.1) is 0 Å². The van der Waals surface area contributed by atoms with Crippen molar-refractivity contribution in [3.05, 3.63) is 0 Å². The zero-order valence-corrected chi connectivity index (χ0v) is 11.0. The van der Waals surface area contributed by atoms with Crippen LogP contribution in [0.2, 0.25) is 0 Å². The molecule has 0 saturated heterocycles. The quantitative estimate of drug-likeness (QED) is 0.463. The molecular formula is C11H19NO6. The number of methoxy groups -OCH3 is 3. The van der Waals surface area contributed by atoms with Gasteiger partial charge in [0, 0.05) is 28.3 Å². The van der Waals surface area contributed by atoms with Crippen LogP contribution in [0.3, 0.4) is 0 Å². The van der Waals surface area contributed by atoms with Crippen LogP contribution < -0.4 is 0 Å². The highest BCUT2D eigenvalue weighted by Gasteiger charge is 2.35. The van der Waals surface area contributed by atoms with E-state index in [1.807, 2.05) is 0 Å². The molecule has 0 aliphatic heterocycles. The lowest BCUT2D eigenvalue weighted by atomic mass is 10.0. The van der Waals surface area contributed by atoms with Gasteiger partial charge in [0.15, 0.2) is 6.10 Å². The van der Waals surface area contributed by atoms with Crippen LogP contribution in [-0.4, -0.2) is 63.4 Å². The molecule has 0 amide bonds. The summed E-state index contributed by atoms with van der Waals surface area (Å²) < 4.78 is 20.1. The Balaban J connectivity index is 4.77. The lowest BCUT2D eigenvalue weighted by Crippen LogP contribution is -2.49. The third kappa shape index (κ3) is 4.98. The second kappa shape index (κ2) is 8.83. The van der Waals surface area contributed by atoms with Crippen molar-refractivity contribution in [3.63, 3.8) is 0 Å². The van der Waals surface area contributed by atoms with E-state index in [2.05, 4.69) is 0 Å². The van der Waals surface area contributed by atoms with E-state index in [1.54, 1.807) is 6.07 Å². The van der Waals surface area contributed by atoms with Crippen LogP contribution in [0.5, 0.6) is 0 Å². The molecule has 0 radical (unpaired) electrons. The van der Waals surface area contributed by atoms with Gasteiger partial charge in [0.1, 0.15) is 24.9 Å². The van der Waals surface area contributed by atoms with Crippen molar-refractivity contribution in [2.75, 3.05) is 27.9 Å². The van der Waals surface area contributed by atoms with Crippen molar-refractivity contribution < 1.29 is 28.8 Å². The highest BCUT2D eigenvalue weighted by Crippen LogP contribution is 2.14. The van der Waals surface area contributed by atoms with E-state index in [-0.39, 0.29) is 6.61 Å². The number of ether oxygens (including phenoxy) is 4. The number of aliphatic hydroxyl groups excluding tert-OH is 1. The molecule has 0 fully saturated rings.